The van der Waals surface area contributed by atoms with E-state index >= 15 is 0 Å². The van der Waals surface area contributed by atoms with Crippen LogP contribution >= 0.6 is 0 Å². The van der Waals surface area contributed by atoms with Gasteiger partial charge in [0, 0.05) is 22.4 Å². The van der Waals surface area contributed by atoms with Crippen LogP contribution in [0.15, 0.2) is 90.3 Å². The van der Waals surface area contributed by atoms with Gasteiger partial charge in [0.25, 0.3) is 5.91 Å². The molecule has 1 aliphatic rings. The van der Waals surface area contributed by atoms with Crippen LogP contribution in [-0.4, -0.2) is 24.6 Å². The second kappa shape index (κ2) is 8.05. The standard InChI is InChI=1S/C24H18N2O4/c1-30-17-13-11-16(12-14-17)25-20-21(26-24(29)15-7-3-2-4-8-15)23(28)19-10-6-5-9-18(19)22(20)27/h2-14,25H,1H3,(H,26,29). The van der Waals surface area contributed by atoms with Crippen molar-refractivity contribution in [1.29, 1.82) is 0 Å². The number of carbonyl (C=O) groups excluding carboxylic acids is 3. The van der Waals surface area contributed by atoms with Crippen molar-refractivity contribution in [2.24, 2.45) is 0 Å². The van der Waals surface area contributed by atoms with Crippen molar-refractivity contribution in [2.75, 3.05) is 12.4 Å². The molecule has 2 N–H and O–H groups in total. The van der Waals surface area contributed by atoms with Crippen LogP contribution in [0.5, 0.6) is 5.75 Å². The monoisotopic (exact) mass is 398 g/mol. The van der Waals surface area contributed by atoms with Gasteiger partial charge in [0.2, 0.25) is 11.6 Å². The predicted octanol–water partition coefficient (Wildman–Crippen LogP) is 3.83. The number of benzene rings is 3. The molecule has 1 amide bonds. The highest BCUT2D eigenvalue weighted by Gasteiger charge is 2.33. The van der Waals surface area contributed by atoms with Crippen molar-refractivity contribution in [3.63, 3.8) is 0 Å². The number of ketones is 2. The lowest BCUT2D eigenvalue weighted by Gasteiger charge is -2.22. The second-order valence-electron chi connectivity index (χ2n) is 6.63. The maximum atomic E-state index is 13.2. The van der Waals surface area contributed by atoms with E-state index in [4.69, 9.17) is 4.74 Å². The zero-order valence-electron chi connectivity index (χ0n) is 16.1. The number of fused-ring (bicyclic) bond motifs is 1. The fraction of sp³-hybridized carbons (Fsp3) is 0.0417. The first-order valence-electron chi connectivity index (χ1n) is 9.28. The third-order valence-electron chi connectivity index (χ3n) is 4.75. The number of Topliss-reactive ketones (excluding diaryl/α,β-unsaturated/α-hetero) is 2. The Morgan fingerprint density at radius 1 is 0.733 bits per heavy atom. The normalized spacial score (nSPS) is 13.0. The van der Waals surface area contributed by atoms with Crippen LogP contribution in [0.25, 0.3) is 0 Å². The molecule has 3 aromatic rings. The van der Waals surface area contributed by atoms with Crippen LogP contribution in [-0.2, 0) is 0 Å². The van der Waals surface area contributed by atoms with Gasteiger partial charge in [0.1, 0.15) is 17.1 Å². The van der Waals surface area contributed by atoms with E-state index in [-0.39, 0.29) is 28.3 Å². The summed E-state index contributed by atoms with van der Waals surface area (Å²) in [5, 5.41) is 5.63. The fourth-order valence-electron chi connectivity index (χ4n) is 3.21. The number of nitrogens with one attached hydrogen (secondary N) is 2. The molecule has 0 saturated heterocycles. The molecule has 0 spiro atoms. The average molecular weight is 398 g/mol. The highest BCUT2D eigenvalue weighted by molar-refractivity contribution is 6.28. The number of allylic oxidation sites excluding steroid dienone is 2. The number of hydrogen-bond acceptors (Lipinski definition) is 5. The molecule has 0 aliphatic heterocycles. The van der Waals surface area contributed by atoms with Gasteiger partial charge in [-0.15, -0.1) is 0 Å². The minimum Gasteiger partial charge on any atom is -0.497 e. The molecule has 6 heteroatoms. The lowest BCUT2D eigenvalue weighted by molar-refractivity contribution is 0.0920. The van der Waals surface area contributed by atoms with E-state index in [1.54, 1.807) is 86.0 Å². The summed E-state index contributed by atoms with van der Waals surface area (Å²) in [7, 11) is 1.56. The summed E-state index contributed by atoms with van der Waals surface area (Å²) >= 11 is 0. The predicted molar refractivity (Wildman–Crippen MR) is 113 cm³/mol. The lowest BCUT2D eigenvalue weighted by atomic mass is 9.90. The molecule has 0 unspecified atom stereocenters. The van der Waals surface area contributed by atoms with Gasteiger partial charge < -0.3 is 15.4 Å². The topological polar surface area (TPSA) is 84.5 Å². The number of rotatable bonds is 5. The van der Waals surface area contributed by atoms with Gasteiger partial charge >= 0.3 is 0 Å². The Morgan fingerprint density at radius 2 is 1.30 bits per heavy atom. The van der Waals surface area contributed by atoms with E-state index in [1.165, 1.54) is 0 Å². The van der Waals surface area contributed by atoms with E-state index in [0.29, 0.717) is 17.0 Å². The molecule has 0 heterocycles. The maximum absolute atomic E-state index is 13.2. The Balaban J connectivity index is 1.76. The first-order valence-corrected chi connectivity index (χ1v) is 9.28. The summed E-state index contributed by atoms with van der Waals surface area (Å²) in [6, 6.07) is 22.0. The van der Waals surface area contributed by atoms with Crippen LogP contribution in [0.2, 0.25) is 0 Å². The first kappa shape index (κ1) is 19.1. The quantitative estimate of drug-likeness (QED) is 0.682. The highest BCUT2D eigenvalue weighted by atomic mass is 16.5. The molecule has 0 fully saturated rings. The number of methoxy groups -OCH3 is 1. The van der Waals surface area contributed by atoms with Crippen LogP contribution < -0.4 is 15.4 Å². The zero-order chi connectivity index (χ0) is 21.1. The molecule has 0 aromatic heterocycles. The van der Waals surface area contributed by atoms with E-state index in [1.807, 2.05) is 0 Å². The lowest BCUT2D eigenvalue weighted by Crippen LogP contribution is -2.36. The summed E-state index contributed by atoms with van der Waals surface area (Å²) < 4.78 is 5.15. The molecule has 6 nitrogen and oxygen atoms in total. The summed E-state index contributed by atoms with van der Waals surface area (Å²) in [4.78, 5) is 39.0. The molecule has 4 rings (SSSR count). The molecular weight excluding hydrogens is 380 g/mol. The third kappa shape index (κ3) is 3.58. The van der Waals surface area contributed by atoms with Crippen molar-refractivity contribution in [3.8, 4) is 5.75 Å². The Morgan fingerprint density at radius 3 is 1.90 bits per heavy atom. The second-order valence-corrected chi connectivity index (χ2v) is 6.63. The Labute approximate surface area is 173 Å². The van der Waals surface area contributed by atoms with Gasteiger partial charge in [0.15, 0.2) is 0 Å². The Hall–Kier alpha value is -4.19. The van der Waals surface area contributed by atoms with Gasteiger partial charge in [-0.3, -0.25) is 14.4 Å². The van der Waals surface area contributed by atoms with Crippen molar-refractivity contribution >= 4 is 23.2 Å². The van der Waals surface area contributed by atoms with Crippen LogP contribution in [0.3, 0.4) is 0 Å². The number of hydrogen-bond donors (Lipinski definition) is 2. The summed E-state index contributed by atoms with van der Waals surface area (Å²) in [6.45, 7) is 0. The molecule has 30 heavy (non-hydrogen) atoms. The van der Waals surface area contributed by atoms with Gasteiger partial charge in [-0.1, -0.05) is 42.5 Å². The van der Waals surface area contributed by atoms with E-state index < -0.39 is 11.7 Å². The minimum atomic E-state index is -0.472. The molecule has 0 atom stereocenters. The number of anilines is 1. The Kier molecular flexibility index (Phi) is 5.13. The van der Waals surface area contributed by atoms with Crippen LogP contribution in [0.1, 0.15) is 31.1 Å². The van der Waals surface area contributed by atoms with Gasteiger partial charge in [0.05, 0.1) is 7.11 Å². The van der Waals surface area contributed by atoms with Gasteiger partial charge in [-0.2, -0.15) is 0 Å². The highest BCUT2D eigenvalue weighted by Crippen LogP contribution is 2.27. The molecule has 0 bridgehead atoms. The fourth-order valence-corrected chi connectivity index (χ4v) is 3.21. The van der Waals surface area contributed by atoms with Crippen LogP contribution in [0.4, 0.5) is 5.69 Å². The first-order chi connectivity index (χ1) is 14.6. The number of ether oxygens (including phenoxy) is 1. The van der Waals surface area contributed by atoms with E-state index in [2.05, 4.69) is 10.6 Å². The summed E-state index contributed by atoms with van der Waals surface area (Å²) in [5.41, 5.74) is 1.45. The summed E-state index contributed by atoms with van der Waals surface area (Å²) in [5.74, 6) is -0.612. The molecule has 148 valence electrons. The SMILES string of the molecule is COc1ccc(NC2=C(NC(=O)c3ccccc3)C(=O)c3ccccc3C2=O)cc1. The van der Waals surface area contributed by atoms with Crippen molar-refractivity contribution in [1.82, 2.24) is 5.32 Å². The molecule has 0 saturated carbocycles. The van der Waals surface area contributed by atoms with Gasteiger partial charge in [-0.05, 0) is 36.4 Å². The molecule has 0 radical (unpaired) electrons. The Bertz CT molecular complexity index is 1170. The van der Waals surface area contributed by atoms with Crippen molar-refractivity contribution < 1.29 is 19.1 Å². The molecule has 3 aromatic carbocycles. The maximum Gasteiger partial charge on any atom is 0.255 e. The molecule has 1 aliphatic carbocycles. The smallest absolute Gasteiger partial charge is 0.255 e. The van der Waals surface area contributed by atoms with Crippen LogP contribution in [0, 0.1) is 0 Å². The largest absolute Gasteiger partial charge is 0.497 e. The van der Waals surface area contributed by atoms with Crippen molar-refractivity contribution in [2.45, 2.75) is 0 Å². The van der Waals surface area contributed by atoms with Gasteiger partial charge in [-0.25, -0.2) is 0 Å². The average Bonchev–Trinajstić information content (AvgIpc) is 2.80. The van der Waals surface area contributed by atoms with E-state index in [0.717, 1.165) is 0 Å². The van der Waals surface area contributed by atoms with Crippen molar-refractivity contribution in [3.05, 3.63) is 107 Å². The molecular formula is C24H18N2O4. The zero-order valence-corrected chi connectivity index (χ0v) is 16.1. The number of carbonyl (C=O) groups is 3. The van der Waals surface area contributed by atoms with E-state index in [9.17, 15) is 14.4 Å². The minimum absolute atomic E-state index is 0.0214. The summed E-state index contributed by atoms with van der Waals surface area (Å²) in [6.07, 6.45) is 0. The number of amides is 1. The third-order valence-corrected chi connectivity index (χ3v) is 4.75.